The van der Waals surface area contributed by atoms with E-state index in [1.807, 2.05) is 0 Å². The molecule has 0 saturated carbocycles. The van der Waals surface area contributed by atoms with Gasteiger partial charge in [-0.05, 0) is 6.42 Å². The van der Waals surface area contributed by atoms with Gasteiger partial charge < -0.3 is 16.6 Å². The summed E-state index contributed by atoms with van der Waals surface area (Å²) < 4.78 is 0. The van der Waals surface area contributed by atoms with Crippen molar-refractivity contribution in [3.8, 4) is 0 Å². The zero-order chi connectivity index (χ0) is 11.1. The molecule has 0 aliphatic carbocycles. The van der Waals surface area contributed by atoms with Crippen LogP contribution in [0.3, 0.4) is 0 Å². The largest absolute Gasteiger partial charge is 0.547 e. The molecular formula is C6H10N2O6. The number of carbonyl (C=O) groups excluding carboxylic acids is 2. The van der Waals surface area contributed by atoms with Gasteiger partial charge in [-0.1, -0.05) is 0 Å². The van der Waals surface area contributed by atoms with Crippen LogP contribution < -0.4 is 11.5 Å². The van der Waals surface area contributed by atoms with Crippen molar-refractivity contribution in [3.05, 3.63) is 0 Å². The lowest BCUT2D eigenvalue weighted by molar-refractivity contribution is -0.242. The number of amides is 1. The van der Waals surface area contributed by atoms with Crippen LogP contribution >= 0.6 is 0 Å². The smallest absolute Gasteiger partial charge is 0.447 e. The molecule has 0 spiro atoms. The Balaban J connectivity index is 3.76. The lowest BCUT2D eigenvalue weighted by atomic mass is 10.2. The Morgan fingerprint density at radius 2 is 1.86 bits per heavy atom. The molecule has 0 radical (unpaired) electrons. The second-order valence-electron chi connectivity index (χ2n) is 2.36. The van der Waals surface area contributed by atoms with Crippen LogP contribution in [0.4, 0.5) is 4.79 Å². The Labute approximate surface area is 78.7 Å². The summed E-state index contributed by atoms with van der Waals surface area (Å²) in [6.07, 6.45) is -1.89. The normalized spacial score (nSPS) is 11.5. The molecule has 0 aliphatic heterocycles. The standard InChI is InChI=1S/C6H10N2O6/c7-3(1-2-4(8)9)5(10)13-14-6(11)12/h3H,1-2,7H2,(H2,8,9)(H,11,12)/t3-/m0/s1. The fraction of sp³-hybridized carbons (Fsp3) is 0.500. The molecule has 0 aromatic heterocycles. The van der Waals surface area contributed by atoms with E-state index < -0.39 is 24.1 Å². The maximum Gasteiger partial charge on any atom is 0.547 e. The summed E-state index contributed by atoms with van der Waals surface area (Å²) in [5.41, 5.74) is 9.99. The predicted octanol–water partition coefficient (Wildman–Crippen LogP) is -1.27. The average Bonchev–Trinajstić information content (AvgIpc) is 2.09. The van der Waals surface area contributed by atoms with Crippen LogP contribution in [0.2, 0.25) is 0 Å². The third-order valence-electron chi connectivity index (χ3n) is 1.20. The molecule has 0 rings (SSSR count). The Morgan fingerprint density at radius 3 is 2.29 bits per heavy atom. The van der Waals surface area contributed by atoms with Crippen LogP contribution in [0, 0.1) is 0 Å². The first kappa shape index (κ1) is 12.2. The molecule has 0 unspecified atom stereocenters. The molecule has 8 nitrogen and oxygen atoms in total. The van der Waals surface area contributed by atoms with Crippen LogP contribution in [0.15, 0.2) is 0 Å². The highest BCUT2D eigenvalue weighted by Crippen LogP contribution is 1.97. The van der Waals surface area contributed by atoms with E-state index in [-0.39, 0.29) is 12.8 Å². The molecule has 0 saturated heterocycles. The van der Waals surface area contributed by atoms with Gasteiger partial charge in [-0.3, -0.25) is 4.79 Å². The van der Waals surface area contributed by atoms with Crippen LogP contribution in [0.1, 0.15) is 12.8 Å². The van der Waals surface area contributed by atoms with Crippen molar-refractivity contribution in [1.82, 2.24) is 0 Å². The topological polar surface area (TPSA) is 142 Å². The van der Waals surface area contributed by atoms with Crippen LogP contribution in [-0.4, -0.2) is 29.2 Å². The summed E-state index contributed by atoms with van der Waals surface area (Å²) in [5.74, 6) is -1.69. The van der Waals surface area contributed by atoms with E-state index in [4.69, 9.17) is 16.6 Å². The fourth-order valence-electron chi connectivity index (χ4n) is 0.554. The molecule has 14 heavy (non-hydrogen) atoms. The van der Waals surface area contributed by atoms with Crippen molar-refractivity contribution in [3.63, 3.8) is 0 Å². The van der Waals surface area contributed by atoms with E-state index in [1.54, 1.807) is 0 Å². The van der Waals surface area contributed by atoms with E-state index in [0.29, 0.717) is 0 Å². The van der Waals surface area contributed by atoms with Gasteiger partial charge in [0.25, 0.3) is 0 Å². The number of hydrogen-bond acceptors (Lipinski definition) is 6. The van der Waals surface area contributed by atoms with Crippen molar-refractivity contribution >= 4 is 18.0 Å². The minimum atomic E-state index is -1.76. The Hall–Kier alpha value is -1.83. The Bertz CT molecular complexity index is 240. The summed E-state index contributed by atoms with van der Waals surface area (Å²) in [6, 6.07) is -1.14. The van der Waals surface area contributed by atoms with Crippen molar-refractivity contribution < 1.29 is 29.3 Å². The Kier molecular flexibility index (Phi) is 5.00. The molecule has 0 fully saturated rings. The number of hydrogen-bond donors (Lipinski definition) is 3. The summed E-state index contributed by atoms with van der Waals surface area (Å²) in [5, 5.41) is 7.95. The maximum atomic E-state index is 10.8. The second kappa shape index (κ2) is 5.75. The van der Waals surface area contributed by atoms with Crippen molar-refractivity contribution in [1.29, 1.82) is 0 Å². The van der Waals surface area contributed by atoms with Gasteiger partial charge in [-0.25, -0.2) is 19.4 Å². The summed E-state index contributed by atoms with van der Waals surface area (Å²) in [4.78, 5) is 38.1. The van der Waals surface area contributed by atoms with E-state index in [9.17, 15) is 14.4 Å². The van der Waals surface area contributed by atoms with Crippen LogP contribution in [0.5, 0.6) is 0 Å². The third-order valence-corrected chi connectivity index (χ3v) is 1.20. The number of rotatable bonds is 4. The first-order valence-corrected chi connectivity index (χ1v) is 3.58. The lowest BCUT2D eigenvalue weighted by Gasteiger charge is -2.06. The van der Waals surface area contributed by atoms with Crippen LogP contribution in [-0.2, 0) is 19.4 Å². The average molecular weight is 206 g/mol. The number of nitrogens with two attached hydrogens (primary N) is 2. The third kappa shape index (κ3) is 5.77. The van der Waals surface area contributed by atoms with Gasteiger partial charge in [-0.15, -0.1) is 0 Å². The molecule has 1 atom stereocenters. The molecule has 8 heteroatoms. The van der Waals surface area contributed by atoms with E-state index in [1.165, 1.54) is 0 Å². The molecule has 0 heterocycles. The minimum absolute atomic E-state index is 0.0306. The molecule has 0 aromatic rings. The van der Waals surface area contributed by atoms with Gasteiger partial charge in [0.1, 0.15) is 6.04 Å². The molecule has 1 amide bonds. The minimum Gasteiger partial charge on any atom is -0.447 e. The zero-order valence-corrected chi connectivity index (χ0v) is 7.13. The SMILES string of the molecule is NC(=O)CC[C@H](N)C(=O)OOC(=O)O. The van der Waals surface area contributed by atoms with Crippen molar-refractivity contribution in [2.24, 2.45) is 11.5 Å². The van der Waals surface area contributed by atoms with Crippen molar-refractivity contribution in [2.45, 2.75) is 18.9 Å². The van der Waals surface area contributed by atoms with Gasteiger partial charge in [0.15, 0.2) is 0 Å². The quantitative estimate of drug-likeness (QED) is 0.384. The van der Waals surface area contributed by atoms with E-state index >= 15 is 0 Å². The number of carboxylic acid groups (broad SMARTS) is 1. The predicted molar refractivity (Wildman–Crippen MR) is 41.6 cm³/mol. The van der Waals surface area contributed by atoms with E-state index in [2.05, 4.69) is 9.78 Å². The summed E-state index contributed by atoms with van der Waals surface area (Å²) >= 11 is 0. The second-order valence-corrected chi connectivity index (χ2v) is 2.36. The fourth-order valence-corrected chi connectivity index (χ4v) is 0.554. The molecule has 80 valence electrons. The van der Waals surface area contributed by atoms with Gasteiger partial charge in [0.05, 0.1) is 0 Å². The van der Waals surface area contributed by atoms with Crippen LogP contribution in [0.25, 0.3) is 0 Å². The molecule has 0 aliphatic rings. The highest BCUT2D eigenvalue weighted by molar-refractivity contribution is 5.78. The zero-order valence-electron chi connectivity index (χ0n) is 7.13. The maximum absolute atomic E-state index is 10.8. The Morgan fingerprint density at radius 1 is 1.29 bits per heavy atom. The molecular weight excluding hydrogens is 196 g/mol. The molecule has 0 aromatic carbocycles. The van der Waals surface area contributed by atoms with Crippen molar-refractivity contribution in [2.75, 3.05) is 0 Å². The summed E-state index contributed by atoms with van der Waals surface area (Å²) in [7, 11) is 0. The van der Waals surface area contributed by atoms with Gasteiger partial charge in [0, 0.05) is 6.42 Å². The monoisotopic (exact) mass is 206 g/mol. The van der Waals surface area contributed by atoms with Gasteiger partial charge in [-0.2, -0.15) is 0 Å². The number of carbonyl (C=O) groups is 3. The van der Waals surface area contributed by atoms with E-state index in [0.717, 1.165) is 0 Å². The molecule has 5 N–H and O–H groups in total. The summed E-state index contributed by atoms with van der Waals surface area (Å²) in [6.45, 7) is 0. The number of primary amides is 1. The van der Waals surface area contributed by atoms with Gasteiger partial charge >= 0.3 is 12.1 Å². The van der Waals surface area contributed by atoms with Gasteiger partial charge in [0.2, 0.25) is 5.91 Å². The first-order chi connectivity index (χ1) is 6.43. The molecule has 0 bridgehead atoms. The first-order valence-electron chi connectivity index (χ1n) is 3.58. The highest BCUT2D eigenvalue weighted by atomic mass is 17.2. The lowest BCUT2D eigenvalue weighted by Crippen LogP contribution is -2.33. The highest BCUT2D eigenvalue weighted by Gasteiger charge is 2.18.